The van der Waals surface area contributed by atoms with E-state index in [-0.39, 0.29) is 5.92 Å². The minimum absolute atomic E-state index is 0.0601. The molecule has 1 aromatic carbocycles. The zero-order chi connectivity index (χ0) is 16.2. The van der Waals surface area contributed by atoms with E-state index >= 15 is 0 Å². The fourth-order valence-electron chi connectivity index (χ4n) is 2.83. The number of benzene rings is 1. The molecular formula is C15H12ClF3N4. The van der Waals surface area contributed by atoms with E-state index in [0.717, 1.165) is 30.8 Å². The minimum Gasteiger partial charge on any atom is -0.303 e. The molecule has 1 aliphatic rings. The average molecular weight is 341 g/mol. The van der Waals surface area contributed by atoms with Crippen LogP contribution in [0.15, 0.2) is 24.5 Å². The van der Waals surface area contributed by atoms with Crippen molar-refractivity contribution < 1.29 is 13.2 Å². The van der Waals surface area contributed by atoms with E-state index in [2.05, 4.69) is 15.2 Å². The summed E-state index contributed by atoms with van der Waals surface area (Å²) in [5.74, 6) is 0.507. The Morgan fingerprint density at radius 1 is 1.26 bits per heavy atom. The van der Waals surface area contributed by atoms with Crippen LogP contribution in [0.3, 0.4) is 0 Å². The molecule has 0 bridgehead atoms. The maximum Gasteiger partial charge on any atom is 0.434 e. The van der Waals surface area contributed by atoms with Crippen LogP contribution in [0, 0.1) is 0 Å². The number of hydrogen-bond acceptors (Lipinski definition) is 2. The second-order valence-corrected chi connectivity index (χ2v) is 6.15. The Morgan fingerprint density at radius 2 is 2.04 bits per heavy atom. The Balaban J connectivity index is 1.89. The maximum absolute atomic E-state index is 13.0. The third kappa shape index (κ3) is 2.39. The van der Waals surface area contributed by atoms with Crippen molar-refractivity contribution in [2.75, 3.05) is 0 Å². The van der Waals surface area contributed by atoms with E-state index in [9.17, 15) is 13.2 Å². The molecule has 0 radical (unpaired) electrons. The van der Waals surface area contributed by atoms with Crippen molar-refractivity contribution in [3.05, 3.63) is 41.1 Å². The summed E-state index contributed by atoms with van der Waals surface area (Å²) in [6.07, 6.45) is 0.903. The highest BCUT2D eigenvalue weighted by Gasteiger charge is 2.37. The summed E-state index contributed by atoms with van der Waals surface area (Å²) in [4.78, 5) is 3.85. The third-order valence-electron chi connectivity index (χ3n) is 4.26. The molecule has 0 atom stereocenters. The number of halogens is 4. The van der Waals surface area contributed by atoms with Crippen molar-refractivity contribution in [1.82, 2.24) is 19.7 Å². The van der Waals surface area contributed by atoms with Crippen LogP contribution < -0.4 is 0 Å². The zero-order valence-corrected chi connectivity index (χ0v) is 12.6. The number of aromatic nitrogens is 4. The fraction of sp³-hybridized carbons (Fsp3) is 0.333. The number of aromatic amines is 1. The van der Waals surface area contributed by atoms with Gasteiger partial charge in [0.15, 0.2) is 5.69 Å². The van der Waals surface area contributed by atoms with E-state index in [1.54, 1.807) is 18.3 Å². The highest BCUT2D eigenvalue weighted by molar-refractivity contribution is 6.35. The van der Waals surface area contributed by atoms with Crippen LogP contribution >= 0.6 is 11.6 Å². The van der Waals surface area contributed by atoms with Crippen LogP contribution in [0.5, 0.6) is 0 Å². The van der Waals surface area contributed by atoms with Gasteiger partial charge < -0.3 is 4.57 Å². The second-order valence-electron chi connectivity index (χ2n) is 5.74. The Kier molecular flexibility index (Phi) is 3.16. The number of alkyl halides is 3. The quantitative estimate of drug-likeness (QED) is 0.735. The van der Waals surface area contributed by atoms with Crippen LogP contribution in [0.1, 0.15) is 36.7 Å². The van der Waals surface area contributed by atoms with Gasteiger partial charge in [-0.15, -0.1) is 0 Å². The van der Waals surface area contributed by atoms with Gasteiger partial charge in [0.1, 0.15) is 5.82 Å². The lowest BCUT2D eigenvalue weighted by Gasteiger charge is -2.25. The van der Waals surface area contributed by atoms with Gasteiger partial charge in [-0.05, 0) is 25.0 Å². The number of hydrogen-bond donors (Lipinski definition) is 1. The molecule has 23 heavy (non-hydrogen) atoms. The molecule has 1 fully saturated rings. The highest BCUT2D eigenvalue weighted by atomic mass is 35.5. The van der Waals surface area contributed by atoms with Gasteiger partial charge in [0.05, 0.1) is 16.7 Å². The summed E-state index contributed by atoms with van der Waals surface area (Å²) in [7, 11) is 0. The van der Waals surface area contributed by atoms with Gasteiger partial charge >= 0.3 is 6.18 Å². The maximum atomic E-state index is 13.0. The summed E-state index contributed by atoms with van der Waals surface area (Å²) in [6.45, 7) is 0. The molecule has 120 valence electrons. The normalized spacial score (nSPS) is 16.0. The van der Waals surface area contributed by atoms with Gasteiger partial charge in [-0.2, -0.15) is 18.3 Å². The molecule has 0 spiro atoms. The number of H-pyrrole nitrogens is 1. The summed E-state index contributed by atoms with van der Waals surface area (Å²) in [6, 6.07) is 3.39. The molecule has 2 aromatic heterocycles. The van der Waals surface area contributed by atoms with Gasteiger partial charge in [0.25, 0.3) is 0 Å². The average Bonchev–Trinajstić information content (AvgIpc) is 3.02. The molecule has 4 nitrogen and oxygen atoms in total. The van der Waals surface area contributed by atoms with Crippen molar-refractivity contribution in [3.8, 4) is 5.69 Å². The molecule has 0 aliphatic heterocycles. The molecule has 1 aliphatic carbocycles. The number of nitrogens with zero attached hydrogens (tertiary/aromatic N) is 3. The smallest absolute Gasteiger partial charge is 0.303 e. The Hall–Kier alpha value is -2.02. The van der Waals surface area contributed by atoms with Gasteiger partial charge in [0.2, 0.25) is 0 Å². The number of nitrogens with one attached hydrogen (secondary N) is 1. The van der Waals surface area contributed by atoms with Crippen LogP contribution in [-0.2, 0) is 6.18 Å². The highest BCUT2D eigenvalue weighted by Crippen LogP contribution is 2.39. The Morgan fingerprint density at radius 3 is 2.70 bits per heavy atom. The zero-order valence-electron chi connectivity index (χ0n) is 11.9. The van der Waals surface area contributed by atoms with Gasteiger partial charge in [-0.25, -0.2) is 4.98 Å². The van der Waals surface area contributed by atoms with Crippen molar-refractivity contribution in [1.29, 1.82) is 0 Å². The third-order valence-corrected chi connectivity index (χ3v) is 4.56. The van der Waals surface area contributed by atoms with Crippen molar-refractivity contribution in [3.63, 3.8) is 0 Å². The van der Waals surface area contributed by atoms with E-state index in [1.807, 2.05) is 0 Å². The van der Waals surface area contributed by atoms with E-state index in [1.165, 1.54) is 4.57 Å². The lowest BCUT2D eigenvalue weighted by atomic mass is 9.85. The largest absolute Gasteiger partial charge is 0.434 e. The monoisotopic (exact) mass is 340 g/mol. The lowest BCUT2D eigenvalue weighted by Crippen LogP contribution is -2.14. The molecule has 2 heterocycles. The number of imidazole rings is 1. The fourth-order valence-corrected chi connectivity index (χ4v) is 3.09. The Bertz CT molecular complexity index is 877. The number of fused-ring (bicyclic) bond motifs is 1. The summed E-state index contributed by atoms with van der Waals surface area (Å²) < 4.78 is 40.6. The Labute approximate surface area is 134 Å². The van der Waals surface area contributed by atoms with E-state index in [0.29, 0.717) is 22.1 Å². The van der Waals surface area contributed by atoms with Crippen molar-refractivity contribution >= 4 is 22.5 Å². The SMILES string of the molecule is FC(F)(F)c1cn(-c2cc(Cl)c3[nH]ncc3c2)c(C2CCC2)n1. The molecule has 4 rings (SSSR count). The molecule has 0 saturated heterocycles. The first kappa shape index (κ1) is 14.6. The van der Waals surface area contributed by atoms with Crippen molar-refractivity contribution in [2.24, 2.45) is 0 Å². The second kappa shape index (κ2) is 4.99. The summed E-state index contributed by atoms with van der Waals surface area (Å²) in [5, 5.41) is 7.84. The lowest BCUT2D eigenvalue weighted by molar-refractivity contribution is -0.141. The number of rotatable bonds is 2. The topological polar surface area (TPSA) is 46.5 Å². The van der Waals surface area contributed by atoms with Gasteiger partial charge in [0, 0.05) is 23.2 Å². The summed E-state index contributed by atoms with van der Waals surface area (Å²) in [5.41, 5.74) is 0.355. The van der Waals surface area contributed by atoms with Gasteiger partial charge in [-0.1, -0.05) is 18.0 Å². The molecule has 0 unspecified atom stereocenters. The van der Waals surface area contributed by atoms with Crippen LogP contribution in [0.25, 0.3) is 16.6 Å². The molecule has 0 amide bonds. The first-order valence-electron chi connectivity index (χ1n) is 7.23. The minimum atomic E-state index is -4.46. The standard InChI is InChI=1S/C15H12ClF3N4/c16-11-5-10(4-9-6-20-22-13(9)11)23-7-12(15(17,18)19)21-14(23)8-2-1-3-8/h4-8H,1-3H2,(H,20,22). The molecule has 3 aromatic rings. The molecule has 1 saturated carbocycles. The van der Waals surface area contributed by atoms with Crippen LogP contribution in [-0.4, -0.2) is 19.7 Å². The van der Waals surface area contributed by atoms with Crippen LogP contribution in [0.2, 0.25) is 5.02 Å². The first-order chi connectivity index (χ1) is 10.9. The van der Waals surface area contributed by atoms with Crippen molar-refractivity contribution in [2.45, 2.75) is 31.4 Å². The summed E-state index contributed by atoms with van der Waals surface area (Å²) >= 11 is 6.20. The molecule has 8 heteroatoms. The van der Waals surface area contributed by atoms with E-state index in [4.69, 9.17) is 11.6 Å². The predicted molar refractivity (Wildman–Crippen MR) is 79.8 cm³/mol. The predicted octanol–water partition coefficient (Wildman–Crippen LogP) is 4.69. The first-order valence-corrected chi connectivity index (χ1v) is 7.61. The molecular weight excluding hydrogens is 329 g/mol. The van der Waals surface area contributed by atoms with E-state index < -0.39 is 11.9 Å². The molecule has 1 N–H and O–H groups in total. The van der Waals surface area contributed by atoms with Gasteiger partial charge in [-0.3, -0.25) is 5.10 Å². The van der Waals surface area contributed by atoms with Crippen LogP contribution in [0.4, 0.5) is 13.2 Å².